The molecule has 3 heterocycles. The van der Waals surface area contributed by atoms with Gasteiger partial charge in [-0.2, -0.15) is 25.2 Å². The minimum Gasteiger partial charge on any atom is -0.462 e. The maximum atomic E-state index is 8.54. The van der Waals surface area contributed by atoms with E-state index in [1.54, 1.807) is 17.0 Å². The minimum atomic E-state index is -0.0857. The van der Waals surface area contributed by atoms with Crippen LogP contribution < -0.4 is 15.4 Å². The highest BCUT2D eigenvalue weighted by molar-refractivity contribution is 5.60. The second-order valence-corrected chi connectivity index (χ2v) is 5.97. The summed E-state index contributed by atoms with van der Waals surface area (Å²) in [6.45, 7) is -0.0857. The zero-order valence-corrected chi connectivity index (χ0v) is 15.8. The Labute approximate surface area is 170 Å². The van der Waals surface area contributed by atoms with Crippen molar-refractivity contribution >= 4 is 17.6 Å². The molecule has 2 N–H and O–H groups in total. The van der Waals surface area contributed by atoms with E-state index in [-0.39, 0.29) is 30.1 Å². The second kappa shape index (κ2) is 8.19. The van der Waals surface area contributed by atoms with Crippen LogP contribution in [0.5, 0.6) is 5.88 Å². The molecule has 148 valence electrons. The van der Waals surface area contributed by atoms with E-state index < -0.39 is 0 Å². The largest absolute Gasteiger partial charge is 0.462 e. The normalized spacial score (nSPS) is 10.4. The zero-order chi connectivity index (χ0) is 20.9. The van der Waals surface area contributed by atoms with E-state index in [0.717, 1.165) is 5.69 Å². The molecule has 0 saturated carbocycles. The molecule has 0 bridgehead atoms. The highest BCUT2D eigenvalue weighted by atomic mass is 16.5. The quantitative estimate of drug-likeness (QED) is 0.506. The van der Waals surface area contributed by atoms with E-state index in [1.165, 1.54) is 6.20 Å². The number of hydrogen-bond donors (Lipinski definition) is 1. The molecule has 0 amide bonds. The summed E-state index contributed by atoms with van der Waals surface area (Å²) in [5.74, 6) is 1.25. The van der Waals surface area contributed by atoms with Crippen molar-refractivity contribution in [2.75, 3.05) is 24.3 Å². The summed E-state index contributed by atoms with van der Waals surface area (Å²) in [5.41, 5.74) is 7.32. The van der Waals surface area contributed by atoms with Gasteiger partial charge in [0.05, 0.1) is 5.56 Å². The molecule has 11 heteroatoms. The molecule has 0 radical (unpaired) electrons. The minimum absolute atomic E-state index is 0.0322. The number of aromatic nitrogens is 6. The molecule has 0 saturated heterocycles. The molecule has 0 unspecified atom stereocenters. The number of para-hydroxylation sites is 1. The molecule has 3 aromatic heterocycles. The summed E-state index contributed by atoms with van der Waals surface area (Å²) >= 11 is 0. The Hall–Kier alpha value is -4.59. The fraction of sp³-hybridized carbons (Fsp3) is 0.105. The number of ether oxygens (including phenoxy) is 1. The standard InChI is InChI=1S/C19H15N9O2/c1-28(13-5-3-2-4-6-13)19-25-15(24-18(21)26-19)16-23-17(30-27-16)12-7-8-14(22-11-12)29-10-9-20/h2-8,11H,10H2,1H3,(H2,21,24,25,26). The average molecular weight is 401 g/mol. The molecule has 0 aliphatic heterocycles. The van der Waals surface area contributed by atoms with Gasteiger partial charge in [-0.15, -0.1) is 0 Å². The molecule has 0 aliphatic rings. The van der Waals surface area contributed by atoms with Crippen molar-refractivity contribution in [3.63, 3.8) is 0 Å². The molecular formula is C19H15N9O2. The molecule has 0 atom stereocenters. The highest BCUT2D eigenvalue weighted by Crippen LogP contribution is 2.24. The van der Waals surface area contributed by atoms with Crippen LogP contribution in [-0.4, -0.2) is 43.7 Å². The molecule has 11 nitrogen and oxygen atoms in total. The number of nitrogen functional groups attached to an aromatic ring is 1. The van der Waals surface area contributed by atoms with Gasteiger partial charge in [-0.1, -0.05) is 23.4 Å². The number of nitrogens with zero attached hydrogens (tertiary/aromatic N) is 8. The Morgan fingerprint density at radius 1 is 1.07 bits per heavy atom. The van der Waals surface area contributed by atoms with Gasteiger partial charge in [0.1, 0.15) is 6.07 Å². The molecule has 1 aromatic carbocycles. The third-order valence-electron chi connectivity index (χ3n) is 3.98. The second-order valence-electron chi connectivity index (χ2n) is 5.97. The van der Waals surface area contributed by atoms with Crippen molar-refractivity contribution in [1.82, 2.24) is 30.1 Å². The fourth-order valence-electron chi connectivity index (χ4n) is 2.53. The summed E-state index contributed by atoms with van der Waals surface area (Å²) in [6.07, 6.45) is 1.50. The maximum Gasteiger partial charge on any atom is 0.259 e. The van der Waals surface area contributed by atoms with E-state index >= 15 is 0 Å². The lowest BCUT2D eigenvalue weighted by Gasteiger charge is -2.17. The molecule has 0 aliphatic carbocycles. The first-order valence-corrected chi connectivity index (χ1v) is 8.74. The van der Waals surface area contributed by atoms with Crippen LogP contribution in [0.25, 0.3) is 23.1 Å². The van der Waals surface area contributed by atoms with Gasteiger partial charge < -0.3 is 19.9 Å². The predicted octanol–water partition coefficient (Wildman–Crippen LogP) is 2.24. The zero-order valence-electron chi connectivity index (χ0n) is 15.8. The topological polar surface area (TPSA) is 153 Å². The molecule has 30 heavy (non-hydrogen) atoms. The van der Waals surface area contributed by atoms with E-state index in [4.69, 9.17) is 20.3 Å². The van der Waals surface area contributed by atoms with Crippen LogP contribution in [0.3, 0.4) is 0 Å². The van der Waals surface area contributed by atoms with Crippen LogP contribution in [0, 0.1) is 11.3 Å². The van der Waals surface area contributed by atoms with Crippen molar-refractivity contribution in [2.45, 2.75) is 0 Å². The van der Waals surface area contributed by atoms with E-state index in [0.29, 0.717) is 17.4 Å². The number of nitrogens with two attached hydrogens (primary N) is 1. The number of anilines is 3. The van der Waals surface area contributed by atoms with Crippen molar-refractivity contribution in [1.29, 1.82) is 5.26 Å². The highest BCUT2D eigenvalue weighted by Gasteiger charge is 2.17. The molecule has 0 fully saturated rings. The lowest BCUT2D eigenvalue weighted by Crippen LogP contribution is -2.15. The predicted molar refractivity (Wildman–Crippen MR) is 106 cm³/mol. The fourth-order valence-corrected chi connectivity index (χ4v) is 2.53. The average Bonchev–Trinajstić information content (AvgIpc) is 3.28. The van der Waals surface area contributed by atoms with Gasteiger partial charge in [0.2, 0.25) is 29.4 Å². The summed E-state index contributed by atoms with van der Waals surface area (Å²) < 4.78 is 10.4. The number of rotatable bonds is 6. The van der Waals surface area contributed by atoms with Gasteiger partial charge in [0, 0.05) is 25.0 Å². The Balaban J connectivity index is 1.60. The van der Waals surface area contributed by atoms with Crippen LogP contribution in [0.2, 0.25) is 0 Å². The molecular weight excluding hydrogens is 386 g/mol. The first-order valence-electron chi connectivity index (χ1n) is 8.74. The van der Waals surface area contributed by atoms with Gasteiger partial charge in [0.25, 0.3) is 5.89 Å². The molecule has 4 aromatic rings. The molecule has 4 rings (SSSR count). The summed E-state index contributed by atoms with van der Waals surface area (Å²) in [6, 6.07) is 14.7. The Bertz CT molecular complexity index is 1190. The van der Waals surface area contributed by atoms with Crippen molar-refractivity contribution in [2.24, 2.45) is 0 Å². The number of pyridine rings is 1. The molecule has 0 spiro atoms. The van der Waals surface area contributed by atoms with E-state index in [1.807, 2.05) is 43.4 Å². The monoisotopic (exact) mass is 401 g/mol. The van der Waals surface area contributed by atoms with Crippen LogP contribution >= 0.6 is 0 Å². The number of benzene rings is 1. The Morgan fingerprint density at radius 2 is 1.90 bits per heavy atom. The van der Waals surface area contributed by atoms with Gasteiger partial charge in [0.15, 0.2) is 6.61 Å². The van der Waals surface area contributed by atoms with Crippen molar-refractivity contribution in [3.8, 4) is 35.1 Å². The number of nitriles is 1. The first-order chi connectivity index (χ1) is 14.6. The first kappa shape index (κ1) is 18.8. The van der Waals surface area contributed by atoms with Crippen LogP contribution in [0.1, 0.15) is 0 Å². The van der Waals surface area contributed by atoms with Gasteiger partial charge >= 0.3 is 0 Å². The van der Waals surface area contributed by atoms with Gasteiger partial charge in [-0.05, 0) is 18.2 Å². The lowest BCUT2D eigenvalue weighted by molar-refractivity contribution is 0.353. The van der Waals surface area contributed by atoms with E-state index in [9.17, 15) is 0 Å². The SMILES string of the molecule is CN(c1ccccc1)c1nc(N)nc(-c2noc(-c3ccc(OCC#N)nc3)n2)n1. The van der Waals surface area contributed by atoms with Crippen molar-refractivity contribution < 1.29 is 9.26 Å². The van der Waals surface area contributed by atoms with E-state index in [2.05, 4.69) is 30.1 Å². The number of hydrogen-bond acceptors (Lipinski definition) is 11. The van der Waals surface area contributed by atoms with Gasteiger partial charge in [-0.3, -0.25) is 0 Å². The Morgan fingerprint density at radius 3 is 2.63 bits per heavy atom. The summed E-state index contributed by atoms with van der Waals surface area (Å²) in [7, 11) is 1.82. The smallest absolute Gasteiger partial charge is 0.259 e. The van der Waals surface area contributed by atoms with Crippen LogP contribution in [0.15, 0.2) is 53.2 Å². The summed E-state index contributed by atoms with van der Waals surface area (Å²) in [5, 5.41) is 12.5. The maximum absolute atomic E-state index is 8.54. The van der Waals surface area contributed by atoms with Crippen LogP contribution in [-0.2, 0) is 0 Å². The summed E-state index contributed by atoms with van der Waals surface area (Å²) in [4.78, 5) is 22.9. The Kier molecular flexibility index (Phi) is 5.12. The van der Waals surface area contributed by atoms with Crippen molar-refractivity contribution in [3.05, 3.63) is 48.7 Å². The van der Waals surface area contributed by atoms with Gasteiger partial charge in [-0.25, -0.2) is 4.98 Å². The third-order valence-corrected chi connectivity index (χ3v) is 3.98. The third kappa shape index (κ3) is 3.97. The van der Waals surface area contributed by atoms with Crippen LogP contribution in [0.4, 0.5) is 17.6 Å². The lowest BCUT2D eigenvalue weighted by atomic mass is 10.3.